The second-order valence-electron chi connectivity index (χ2n) is 14.4. The Balaban J connectivity index is 0.000000337. The van der Waals surface area contributed by atoms with Gasteiger partial charge in [0.15, 0.2) is 0 Å². The van der Waals surface area contributed by atoms with E-state index in [4.69, 9.17) is 5.11 Å². The molecule has 2 aromatic heterocycles. The van der Waals surface area contributed by atoms with Crippen LogP contribution in [0, 0.1) is 5.92 Å². The van der Waals surface area contributed by atoms with Gasteiger partial charge in [-0.3, -0.25) is 14.4 Å². The zero-order chi connectivity index (χ0) is 37.4. The SMILES string of the molecule is CC(C)N1CCC(CNC(=O)[C@@H](Cc2ccccc2)NC(=O)C2(NC(=O)c3cc4ccccc4s3)CCCC2)CC1.O=C(O)c1cc2ccccc2s1. The lowest BCUT2D eigenvalue weighted by atomic mass is 9.94. The van der Waals surface area contributed by atoms with Crippen molar-refractivity contribution >= 4 is 66.5 Å². The fourth-order valence-corrected chi connectivity index (χ4v) is 9.10. The number of rotatable bonds is 11. The number of amides is 3. The molecule has 9 nitrogen and oxygen atoms in total. The van der Waals surface area contributed by atoms with Crippen LogP contribution in [0.2, 0.25) is 0 Å². The Labute approximate surface area is 318 Å². The first-order valence-electron chi connectivity index (χ1n) is 18.5. The second-order valence-corrected chi connectivity index (χ2v) is 16.5. The number of hydrogen-bond donors (Lipinski definition) is 4. The highest BCUT2D eigenvalue weighted by Gasteiger charge is 2.44. The number of carbonyl (C=O) groups excluding carboxylic acids is 3. The molecule has 4 N–H and O–H groups in total. The van der Waals surface area contributed by atoms with E-state index in [1.165, 1.54) is 22.7 Å². The summed E-state index contributed by atoms with van der Waals surface area (Å²) in [5.41, 5.74) is -0.0421. The number of piperidine rings is 1. The van der Waals surface area contributed by atoms with Gasteiger partial charge in [0.25, 0.3) is 5.91 Å². The van der Waals surface area contributed by atoms with Gasteiger partial charge in [0, 0.05) is 28.4 Å². The first-order chi connectivity index (χ1) is 25.6. The number of hydrogen-bond acceptors (Lipinski definition) is 7. The van der Waals surface area contributed by atoms with Crippen LogP contribution in [0.3, 0.4) is 0 Å². The van der Waals surface area contributed by atoms with Crippen LogP contribution in [-0.4, -0.2) is 71.0 Å². The molecule has 0 bridgehead atoms. The van der Waals surface area contributed by atoms with Crippen LogP contribution in [-0.2, 0) is 16.0 Å². The molecule has 1 atom stereocenters. The summed E-state index contributed by atoms with van der Waals surface area (Å²) in [6, 6.07) is 28.7. The van der Waals surface area contributed by atoms with Crippen molar-refractivity contribution in [2.24, 2.45) is 5.92 Å². The maximum absolute atomic E-state index is 13.9. The number of nitrogens with one attached hydrogen (secondary N) is 3. The van der Waals surface area contributed by atoms with Crippen molar-refractivity contribution in [3.63, 3.8) is 0 Å². The molecule has 1 saturated heterocycles. The molecule has 3 amide bonds. The quantitative estimate of drug-likeness (QED) is 0.111. The number of thiophene rings is 2. The molecule has 0 spiro atoms. The molecule has 53 heavy (non-hydrogen) atoms. The second kappa shape index (κ2) is 17.5. The lowest BCUT2D eigenvalue weighted by Crippen LogP contribution is -2.61. The predicted octanol–water partition coefficient (Wildman–Crippen LogP) is 7.51. The van der Waals surface area contributed by atoms with Gasteiger partial charge in [-0.25, -0.2) is 4.79 Å². The molecule has 2 fully saturated rings. The number of aromatic carboxylic acids is 1. The van der Waals surface area contributed by atoms with E-state index in [9.17, 15) is 19.2 Å². The maximum Gasteiger partial charge on any atom is 0.345 e. The minimum atomic E-state index is -1.02. The van der Waals surface area contributed by atoms with E-state index in [2.05, 4.69) is 34.7 Å². The van der Waals surface area contributed by atoms with Crippen molar-refractivity contribution in [3.8, 4) is 0 Å². The van der Waals surface area contributed by atoms with E-state index in [1.807, 2.05) is 84.9 Å². The van der Waals surface area contributed by atoms with Crippen LogP contribution >= 0.6 is 22.7 Å². The summed E-state index contributed by atoms with van der Waals surface area (Å²) in [5, 5.41) is 20.0. The van der Waals surface area contributed by atoms with Crippen LogP contribution in [0.4, 0.5) is 0 Å². The average Bonchev–Trinajstić information content (AvgIpc) is 3.94. The summed E-state index contributed by atoms with van der Waals surface area (Å²) in [5.74, 6) is -1.09. The minimum Gasteiger partial charge on any atom is -0.477 e. The Hall–Kier alpha value is -4.58. The molecule has 1 aliphatic carbocycles. The van der Waals surface area contributed by atoms with Crippen LogP contribution < -0.4 is 16.0 Å². The largest absolute Gasteiger partial charge is 0.477 e. The van der Waals surface area contributed by atoms with Crippen LogP contribution in [0.1, 0.15) is 77.3 Å². The topological polar surface area (TPSA) is 128 Å². The van der Waals surface area contributed by atoms with E-state index in [1.54, 1.807) is 6.07 Å². The minimum absolute atomic E-state index is 0.169. The standard InChI is InChI=1S/C33H42N4O3S.C9H6O2S/c1-23(2)37-18-14-25(15-19-37)22-34-30(38)27(20-24-10-4-3-5-11-24)35-32(40)33(16-8-9-17-33)36-31(39)29-21-26-12-6-7-13-28(26)41-29;10-9(11)8-5-6-3-1-2-4-7(6)12-8/h3-7,10-13,21,23,25,27H,8-9,14-20,22H2,1-2H3,(H,34,38)(H,35,40)(H,36,39);1-5H,(H,10,11)/t27-;/m1./s1. The van der Waals surface area contributed by atoms with Crippen LogP contribution in [0.5, 0.6) is 0 Å². The molecule has 5 aromatic rings. The summed E-state index contributed by atoms with van der Waals surface area (Å²) in [6.07, 6.45) is 5.33. The molecule has 11 heteroatoms. The van der Waals surface area contributed by atoms with Gasteiger partial charge >= 0.3 is 5.97 Å². The average molecular weight is 753 g/mol. The summed E-state index contributed by atoms with van der Waals surface area (Å²) in [6.45, 7) is 7.15. The summed E-state index contributed by atoms with van der Waals surface area (Å²) >= 11 is 2.74. The summed E-state index contributed by atoms with van der Waals surface area (Å²) < 4.78 is 2.06. The molecule has 1 aliphatic heterocycles. The normalized spacial score (nSPS) is 16.5. The molecular weight excluding hydrogens is 705 g/mol. The van der Waals surface area contributed by atoms with E-state index < -0.39 is 17.6 Å². The molecule has 2 aliphatic rings. The first-order valence-corrected chi connectivity index (χ1v) is 20.1. The van der Waals surface area contributed by atoms with Crippen molar-refractivity contribution in [1.29, 1.82) is 0 Å². The zero-order valence-electron chi connectivity index (χ0n) is 30.3. The van der Waals surface area contributed by atoms with Crippen molar-refractivity contribution in [3.05, 3.63) is 106 Å². The number of likely N-dealkylation sites (tertiary alicyclic amines) is 1. The number of carboxylic acids is 1. The van der Waals surface area contributed by atoms with Gasteiger partial charge in [-0.2, -0.15) is 0 Å². The zero-order valence-corrected chi connectivity index (χ0v) is 31.9. The van der Waals surface area contributed by atoms with E-state index in [0.29, 0.717) is 47.5 Å². The number of fused-ring (bicyclic) bond motifs is 2. The lowest BCUT2D eigenvalue weighted by molar-refractivity contribution is -0.132. The smallest absolute Gasteiger partial charge is 0.345 e. The Morgan fingerprint density at radius 1 is 0.811 bits per heavy atom. The first kappa shape index (κ1) is 38.2. The van der Waals surface area contributed by atoms with Gasteiger partial charge in [-0.15, -0.1) is 22.7 Å². The molecule has 0 radical (unpaired) electrons. The van der Waals surface area contributed by atoms with Crippen molar-refractivity contribution < 1.29 is 24.3 Å². The third kappa shape index (κ3) is 9.70. The Bertz CT molecular complexity index is 1960. The van der Waals surface area contributed by atoms with Gasteiger partial charge in [0.1, 0.15) is 16.5 Å². The van der Waals surface area contributed by atoms with E-state index in [-0.39, 0.29) is 17.7 Å². The fourth-order valence-electron chi connectivity index (χ4n) is 7.24. The number of nitrogens with zero attached hydrogens (tertiary/aromatic N) is 1. The van der Waals surface area contributed by atoms with Gasteiger partial charge in [-0.1, -0.05) is 79.6 Å². The van der Waals surface area contributed by atoms with E-state index in [0.717, 1.165) is 64.5 Å². The summed E-state index contributed by atoms with van der Waals surface area (Å²) in [4.78, 5) is 54.9. The number of carbonyl (C=O) groups is 4. The van der Waals surface area contributed by atoms with Crippen molar-refractivity contribution in [1.82, 2.24) is 20.9 Å². The molecule has 278 valence electrons. The molecule has 1 saturated carbocycles. The molecule has 7 rings (SSSR count). The fraction of sp³-hybridized carbons (Fsp3) is 0.381. The van der Waals surface area contributed by atoms with Gasteiger partial charge in [0.2, 0.25) is 11.8 Å². The highest BCUT2D eigenvalue weighted by atomic mass is 32.1. The maximum atomic E-state index is 13.9. The van der Waals surface area contributed by atoms with Gasteiger partial charge < -0.3 is 26.0 Å². The molecule has 3 heterocycles. The van der Waals surface area contributed by atoms with Crippen LogP contribution in [0.15, 0.2) is 91.0 Å². The monoisotopic (exact) mass is 752 g/mol. The Morgan fingerprint density at radius 3 is 1.96 bits per heavy atom. The predicted molar refractivity (Wildman–Crippen MR) is 214 cm³/mol. The summed E-state index contributed by atoms with van der Waals surface area (Å²) in [7, 11) is 0. The highest BCUT2D eigenvalue weighted by Crippen LogP contribution is 2.32. The van der Waals surface area contributed by atoms with Gasteiger partial charge in [0.05, 0.1) is 4.88 Å². The Kier molecular flexibility index (Phi) is 12.6. The van der Waals surface area contributed by atoms with E-state index >= 15 is 0 Å². The third-order valence-corrected chi connectivity index (χ3v) is 12.6. The highest BCUT2D eigenvalue weighted by molar-refractivity contribution is 7.21. The van der Waals surface area contributed by atoms with Gasteiger partial charge in [-0.05, 0) is 99.1 Å². The number of benzene rings is 3. The number of carboxylic acid groups (broad SMARTS) is 1. The van der Waals surface area contributed by atoms with Crippen molar-refractivity contribution in [2.45, 2.75) is 76.4 Å². The third-order valence-electron chi connectivity index (χ3n) is 10.4. The van der Waals surface area contributed by atoms with Crippen LogP contribution in [0.25, 0.3) is 20.2 Å². The molecule has 3 aromatic carbocycles. The Morgan fingerprint density at radius 2 is 1.38 bits per heavy atom. The lowest BCUT2D eigenvalue weighted by Gasteiger charge is -2.35. The molecular formula is C42H48N4O5S2. The molecule has 0 unspecified atom stereocenters. The van der Waals surface area contributed by atoms with Crippen molar-refractivity contribution in [2.75, 3.05) is 19.6 Å².